The molecule has 1 aromatic carbocycles. The second-order valence-corrected chi connectivity index (χ2v) is 4.91. The Bertz CT molecular complexity index is 433. The van der Waals surface area contributed by atoms with Crippen molar-refractivity contribution in [2.45, 2.75) is 19.1 Å². The maximum Gasteiger partial charge on any atom is 0.242 e. The highest BCUT2D eigenvalue weighted by atomic mass is 16.5. The van der Waals surface area contributed by atoms with E-state index in [1.165, 1.54) is 0 Å². The van der Waals surface area contributed by atoms with Gasteiger partial charge >= 0.3 is 0 Å². The molecule has 108 valence electrons. The fourth-order valence-electron chi connectivity index (χ4n) is 2.26. The summed E-state index contributed by atoms with van der Waals surface area (Å²) in [5.74, 6) is 0.131. The number of rotatable bonds is 7. The van der Waals surface area contributed by atoms with Gasteiger partial charge in [0.25, 0.3) is 0 Å². The maximum absolute atomic E-state index is 12.2. The van der Waals surface area contributed by atoms with E-state index in [9.17, 15) is 4.79 Å². The first-order valence-electron chi connectivity index (χ1n) is 7.06. The summed E-state index contributed by atoms with van der Waals surface area (Å²) in [6.45, 7) is 6.99. The van der Waals surface area contributed by atoms with Gasteiger partial charge < -0.3 is 15.0 Å². The molecular formula is C16H22N2O2. The second-order valence-electron chi connectivity index (χ2n) is 4.91. The third-order valence-electron chi connectivity index (χ3n) is 3.38. The fraction of sp³-hybridized carbons (Fsp3) is 0.438. The van der Waals surface area contributed by atoms with Gasteiger partial charge in [0.15, 0.2) is 0 Å². The van der Waals surface area contributed by atoms with Crippen LogP contribution < -0.4 is 5.32 Å². The van der Waals surface area contributed by atoms with Crippen molar-refractivity contribution in [1.82, 2.24) is 10.2 Å². The van der Waals surface area contributed by atoms with Crippen LogP contribution in [-0.2, 0) is 16.1 Å². The summed E-state index contributed by atoms with van der Waals surface area (Å²) in [5, 5.41) is 3.22. The monoisotopic (exact) mass is 274 g/mol. The minimum atomic E-state index is -0.225. The van der Waals surface area contributed by atoms with E-state index >= 15 is 0 Å². The summed E-state index contributed by atoms with van der Waals surface area (Å²) in [6, 6.07) is 9.77. The number of ether oxygens (including phenoxy) is 1. The van der Waals surface area contributed by atoms with Gasteiger partial charge in [0.05, 0.1) is 13.2 Å². The number of hydrogen-bond acceptors (Lipinski definition) is 3. The Hall–Kier alpha value is -1.65. The molecule has 0 saturated carbocycles. The summed E-state index contributed by atoms with van der Waals surface area (Å²) < 4.78 is 5.65. The zero-order valence-corrected chi connectivity index (χ0v) is 11.8. The Morgan fingerprint density at radius 2 is 2.20 bits per heavy atom. The van der Waals surface area contributed by atoms with Crippen LogP contribution in [-0.4, -0.2) is 43.1 Å². The predicted octanol–water partition coefficient (Wildman–Crippen LogP) is 1.58. The van der Waals surface area contributed by atoms with Crippen molar-refractivity contribution < 1.29 is 9.53 Å². The molecule has 1 aromatic rings. The first-order valence-corrected chi connectivity index (χ1v) is 7.06. The van der Waals surface area contributed by atoms with Crippen molar-refractivity contribution in [3.05, 3.63) is 48.6 Å². The molecule has 20 heavy (non-hydrogen) atoms. The molecular weight excluding hydrogens is 252 g/mol. The highest BCUT2D eigenvalue weighted by Crippen LogP contribution is 2.06. The molecule has 0 aliphatic carbocycles. The summed E-state index contributed by atoms with van der Waals surface area (Å²) in [6.07, 6.45) is 2.68. The van der Waals surface area contributed by atoms with Crippen molar-refractivity contribution in [2.24, 2.45) is 0 Å². The van der Waals surface area contributed by atoms with E-state index in [2.05, 4.69) is 11.9 Å². The molecule has 4 heteroatoms. The minimum absolute atomic E-state index is 0.131. The second kappa shape index (κ2) is 7.82. The van der Waals surface area contributed by atoms with Crippen molar-refractivity contribution >= 4 is 5.91 Å². The van der Waals surface area contributed by atoms with Crippen LogP contribution in [0.3, 0.4) is 0 Å². The lowest BCUT2D eigenvalue weighted by molar-refractivity contribution is -0.137. The Labute approximate surface area is 120 Å². The van der Waals surface area contributed by atoms with Crippen molar-refractivity contribution in [2.75, 3.05) is 26.2 Å². The van der Waals surface area contributed by atoms with Crippen LogP contribution in [0.1, 0.15) is 12.0 Å². The molecule has 1 aliphatic rings. The van der Waals surface area contributed by atoms with Crippen molar-refractivity contribution in [1.29, 1.82) is 0 Å². The molecule has 0 spiro atoms. The quantitative estimate of drug-likeness (QED) is 0.768. The Morgan fingerprint density at radius 1 is 1.40 bits per heavy atom. The van der Waals surface area contributed by atoms with E-state index < -0.39 is 0 Å². The summed E-state index contributed by atoms with van der Waals surface area (Å²) in [7, 11) is 0. The third kappa shape index (κ3) is 4.18. The largest absolute Gasteiger partial charge is 0.375 e. The van der Waals surface area contributed by atoms with E-state index in [0.717, 1.165) is 31.6 Å². The zero-order chi connectivity index (χ0) is 14.2. The van der Waals surface area contributed by atoms with E-state index in [1.807, 2.05) is 41.3 Å². The number of nitrogens with zero attached hydrogens (tertiary/aromatic N) is 1. The SMILES string of the molecule is C=CCCN1CCN[C@H](COCc2ccccc2)C1=O. The van der Waals surface area contributed by atoms with E-state index in [4.69, 9.17) is 4.74 Å². The van der Waals surface area contributed by atoms with Crippen LogP contribution in [0.2, 0.25) is 0 Å². The number of benzene rings is 1. The summed E-state index contributed by atoms with van der Waals surface area (Å²) in [4.78, 5) is 14.1. The molecule has 1 aliphatic heterocycles. The number of piperazine rings is 1. The molecule has 1 heterocycles. The minimum Gasteiger partial charge on any atom is -0.375 e. The lowest BCUT2D eigenvalue weighted by atomic mass is 10.2. The Balaban J connectivity index is 1.77. The van der Waals surface area contributed by atoms with Crippen molar-refractivity contribution in [3.8, 4) is 0 Å². The smallest absolute Gasteiger partial charge is 0.242 e. The van der Waals surface area contributed by atoms with Crippen LogP contribution >= 0.6 is 0 Å². The third-order valence-corrected chi connectivity index (χ3v) is 3.38. The average molecular weight is 274 g/mol. The van der Waals surface area contributed by atoms with Gasteiger partial charge in [-0.1, -0.05) is 36.4 Å². The molecule has 1 saturated heterocycles. The van der Waals surface area contributed by atoms with Gasteiger partial charge in [-0.15, -0.1) is 6.58 Å². The number of carbonyl (C=O) groups is 1. The first kappa shape index (κ1) is 14.8. The van der Waals surface area contributed by atoms with Crippen LogP contribution in [0, 0.1) is 0 Å². The van der Waals surface area contributed by atoms with E-state index in [1.54, 1.807) is 0 Å². The fourth-order valence-corrected chi connectivity index (χ4v) is 2.26. The van der Waals surface area contributed by atoms with Gasteiger partial charge in [-0.05, 0) is 12.0 Å². The molecule has 0 aromatic heterocycles. The van der Waals surface area contributed by atoms with Crippen LogP contribution in [0.5, 0.6) is 0 Å². The first-order chi connectivity index (χ1) is 9.81. The molecule has 1 fully saturated rings. The van der Waals surface area contributed by atoms with Gasteiger partial charge in [-0.2, -0.15) is 0 Å². The lowest BCUT2D eigenvalue weighted by Crippen LogP contribution is -2.56. The van der Waals surface area contributed by atoms with Gasteiger partial charge in [0.1, 0.15) is 6.04 Å². The molecule has 0 radical (unpaired) electrons. The molecule has 2 rings (SSSR count). The Kier molecular flexibility index (Phi) is 5.77. The highest BCUT2D eigenvalue weighted by molar-refractivity contribution is 5.82. The number of carbonyl (C=O) groups excluding carboxylic acids is 1. The summed E-state index contributed by atoms with van der Waals surface area (Å²) in [5.41, 5.74) is 1.12. The zero-order valence-electron chi connectivity index (χ0n) is 11.8. The van der Waals surface area contributed by atoms with E-state index in [0.29, 0.717) is 13.2 Å². The van der Waals surface area contributed by atoms with Crippen LogP contribution in [0.15, 0.2) is 43.0 Å². The maximum atomic E-state index is 12.2. The highest BCUT2D eigenvalue weighted by Gasteiger charge is 2.27. The predicted molar refractivity (Wildman–Crippen MR) is 79.3 cm³/mol. The molecule has 4 nitrogen and oxygen atoms in total. The molecule has 1 amide bonds. The van der Waals surface area contributed by atoms with E-state index in [-0.39, 0.29) is 11.9 Å². The average Bonchev–Trinajstić information content (AvgIpc) is 2.49. The lowest BCUT2D eigenvalue weighted by Gasteiger charge is -2.32. The van der Waals surface area contributed by atoms with Crippen LogP contribution in [0.4, 0.5) is 0 Å². The Morgan fingerprint density at radius 3 is 2.95 bits per heavy atom. The van der Waals surface area contributed by atoms with Gasteiger partial charge in [-0.3, -0.25) is 4.79 Å². The topological polar surface area (TPSA) is 41.6 Å². The van der Waals surface area contributed by atoms with Gasteiger partial charge in [-0.25, -0.2) is 0 Å². The normalized spacial score (nSPS) is 19.1. The molecule has 0 bridgehead atoms. The number of amides is 1. The summed E-state index contributed by atoms with van der Waals surface area (Å²) >= 11 is 0. The molecule has 0 unspecified atom stereocenters. The van der Waals surface area contributed by atoms with Gasteiger partial charge in [0, 0.05) is 19.6 Å². The standard InChI is InChI=1S/C16H22N2O2/c1-2-3-10-18-11-9-17-15(16(18)19)13-20-12-14-7-5-4-6-8-14/h2,4-8,15,17H,1,3,9-13H2/t15-/m1/s1. The number of nitrogens with one attached hydrogen (secondary N) is 1. The number of hydrogen-bond donors (Lipinski definition) is 1. The van der Waals surface area contributed by atoms with Crippen molar-refractivity contribution in [3.63, 3.8) is 0 Å². The molecule has 1 atom stereocenters. The van der Waals surface area contributed by atoms with Crippen LogP contribution in [0.25, 0.3) is 0 Å². The molecule has 1 N–H and O–H groups in total. The van der Waals surface area contributed by atoms with Gasteiger partial charge in [0.2, 0.25) is 5.91 Å².